The minimum absolute atomic E-state index is 0.0104. The van der Waals surface area contributed by atoms with Gasteiger partial charge in [-0.15, -0.1) is 11.3 Å². The largest absolute Gasteiger partial charge is 0.324 e. The summed E-state index contributed by atoms with van der Waals surface area (Å²) in [6, 6.07) is 6.05. The lowest BCUT2D eigenvalue weighted by atomic mass is 10.1. The van der Waals surface area contributed by atoms with Crippen molar-refractivity contribution in [3.8, 4) is 0 Å². The van der Waals surface area contributed by atoms with Crippen LogP contribution in [0.4, 0.5) is 0 Å². The van der Waals surface area contributed by atoms with Crippen molar-refractivity contribution in [3.63, 3.8) is 0 Å². The summed E-state index contributed by atoms with van der Waals surface area (Å²) in [5.74, 6) is 0. The van der Waals surface area contributed by atoms with Gasteiger partial charge < -0.3 is 5.73 Å². The van der Waals surface area contributed by atoms with Crippen LogP contribution in [0.3, 0.4) is 0 Å². The van der Waals surface area contributed by atoms with Gasteiger partial charge >= 0.3 is 0 Å². The lowest BCUT2D eigenvalue weighted by Gasteiger charge is -2.08. The second kappa shape index (κ2) is 5.40. The highest BCUT2D eigenvalue weighted by Gasteiger charge is 2.09. The van der Waals surface area contributed by atoms with E-state index in [4.69, 9.17) is 5.73 Å². The van der Waals surface area contributed by atoms with E-state index < -0.39 is 0 Å². The van der Waals surface area contributed by atoms with Gasteiger partial charge in [-0.1, -0.05) is 0 Å². The number of halogens is 2. The molecule has 2 N–H and O–H groups in total. The van der Waals surface area contributed by atoms with Crippen LogP contribution in [-0.2, 0) is 6.42 Å². The van der Waals surface area contributed by atoms with Gasteiger partial charge in [0.05, 0.1) is 3.79 Å². The summed E-state index contributed by atoms with van der Waals surface area (Å²) in [4.78, 5) is 4.32. The quantitative estimate of drug-likeness (QED) is 0.899. The molecule has 84 valence electrons. The van der Waals surface area contributed by atoms with Crippen molar-refractivity contribution < 1.29 is 0 Å². The number of hydrogen-bond acceptors (Lipinski definition) is 3. The SMILES string of the molecule is NC(Cc1ccc(Br)cn1)c1csc(Br)c1. The first-order chi connectivity index (χ1) is 7.65. The zero-order chi connectivity index (χ0) is 11.5. The minimum Gasteiger partial charge on any atom is -0.324 e. The van der Waals surface area contributed by atoms with Crippen molar-refractivity contribution in [1.29, 1.82) is 0 Å². The number of aromatic nitrogens is 1. The lowest BCUT2D eigenvalue weighted by molar-refractivity contribution is 0.709. The topological polar surface area (TPSA) is 38.9 Å². The summed E-state index contributed by atoms with van der Waals surface area (Å²) in [5, 5.41) is 2.08. The van der Waals surface area contributed by atoms with E-state index in [0.29, 0.717) is 0 Å². The first kappa shape index (κ1) is 12.2. The maximum absolute atomic E-state index is 6.11. The van der Waals surface area contributed by atoms with Gasteiger partial charge in [-0.25, -0.2) is 0 Å². The van der Waals surface area contributed by atoms with Crippen LogP contribution in [0, 0.1) is 0 Å². The third-order valence-electron chi connectivity index (χ3n) is 2.23. The van der Waals surface area contributed by atoms with Crippen molar-refractivity contribution in [2.45, 2.75) is 12.5 Å². The fourth-order valence-electron chi connectivity index (χ4n) is 1.39. The predicted octanol–water partition coefficient (Wildman–Crippen LogP) is 3.91. The van der Waals surface area contributed by atoms with Crippen molar-refractivity contribution in [3.05, 3.63) is 49.3 Å². The van der Waals surface area contributed by atoms with Gasteiger partial charge in [-0.2, -0.15) is 0 Å². The summed E-state index contributed by atoms with van der Waals surface area (Å²) in [5.41, 5.74) is 8.28. The molecule has 5 heteroatoms. The Morgan fingerprint density at radius 1 is 1.38 bits per heavy atom. The second-order valence-electron chi connectivity index (χ2n) is 3.46. The van der Waals surface area contributed by atoms with E-state index in [-0.39, 0.29) is 6.04 Å². The maximum atomic E-state index is 6.11. The molecule has 2 heterocycles. The maximum Gasteiger partial charge on any atom is 0.0701 e. The van der Waals surface area contributed by atoms with E-state index in [2.05, 4.69) is 48.3 Å². The van der Waals surface area contributed by atoms with Crippen molar-refractivity contribution >= 4 is 43.2 Å². The molecule has 0 aliphatic heterocycles. The fraction of sp³-hybridized carbons (Fsp3) is 0.182. The molecular formula is C11H10Br2N2S. The van der Waals surface area contributed by atoms with Crippen LogP contribution < -0.4 is 5.73 Å². The van der Waals surface area contributed by atoms with Gasteiger partial charge in [0, 0.05) is 28.8 Å². The van der Waals surface area contributed by atoms with Gasteiger partial charge in [0.25, 0.3) is 0 Å². The van der Waals surface area contributed by atoms with Crippen molar-refractivity contribution in [2.24, 2.45) is 5.73 Å². The van der Waals surface area contributed by atoms with Gasteiger partial charge in [0.2, 0.25) is 0 Å². The molecule has 0 saturated carbocycles. The molecule has 0 aliphatic carbocycles. The van der Waals surface area contributed by atoms with E-state index in [1.165, 1.54) is 0 Å². The van der Waals surface area contributed by atoms with E-state index in [9.17, 15) is 0 Å². The summed E-state index contributed by atoms with van der Waals surface area (Å²) in [7, 11) is 0. The van der Waals surface area contributed by atoms with E-state index in [0.717, 1.165) is 25.9 Å². The van der Waals surface area contributed by atoms with Gasteiger partial charge in [0.1, 0.15) is 0 Å². The Morgan fingerprint density at radius 2 is 2.19 bits per heavy atom. The molecular weight excluding hydrogens is 352 g/mol. The number of hydrogen-bond donors (Lipinski definition) is 1. The number of pyridine rings is 1. The van der Waals surface area contributed by atoms with E-state index >= 15 is 0 Å². The third kappa shape index (κ3) is 3.13. The third-order valence-corrected chi connectivity index (χ3v) is 4.23. The Morgan fingerprint density at radius 3 is 2.75 bits per heavy atom. The summed E-state index contributed by atoms with van der Waals surface area (Å²) in [6.07, 6.45) is 2.56. The molecule has 0 saturated heterocycles. The molecule has 16 heavy (non-hydrogen) atoms. The molecule has 1 unspecified atom stereocenters. The zero-order valence-corrected chi connectivity index (χ0v) is 12.3. The highest BCUT2D eigenvalue weighted by atomic mass is 79.9. The smallest absolute Gasteiger partial charge is 0.0701 e. The highest BCUT2D eigenvalue weighted by Crippen LogP contribution is 2.25. The van der Waals surface area contributed by atoms with Crippen LogP contribution >= 0.6 is 43.2 Å². The average Bonchev–Trinajstić information content (AvgIpc) is 2.68. The summed E-state index contributed by atoms with van der Waals surface area (Å²) < 4.78 is 2.10. The standard InChI is InChI=1S/C11H10Br2N2S/c12-8-1-2-9(15-5-8)4-10(14)7-3-11(13)16-6-7/h1-3,5-6,10H,4,14H2. The number of nitrogens with two attached hydrogens (primary N) is 1. The summed E-state index contributed by atoms with van der Waals surface area (Å²) in [6.45, 7) is 0. The van der Waals surface area contributed by atoms with E-state index in [1.807, 2.05) is 12.1 Å². The Kier molecular flexibility index (Phi) is 4.13. The lowest BCUT2D eigenvalue weighted by Crippen LogP contribution is -2.13. The van der Waals surface area contributed by atoms with Gasteiger partial charge in [0.15, 0.2) is 0 Å². The highest BCUT2D eigenvalue weighted by molar-refractivity contribution is 9.11. The molecule has 2 aromatic rings. The van der Waals surface area contributed by atoms with Crippen LogP contribution in [0.15, 0.2) is 38.0 Å². The normalized spacial score (nSPS) is 12.7. The zero-order valence-electron chi connectivity index (χ0n) is 8.36. The molecule has 2 aromatic heterocycles. The summed E-state index contributed by atoms with van der Waals surface area (Å²) >= 11 is 8.45. The molecule has 0 aromatic carbocycles. The fourth-order valence-corrected chi connectivity index (χ4v) is 2.86. The van der Waals surface area contributed by atoms with Crippen LogP contribution in [0.2, 0.25) is 0 Å². The Labute approximate surface area is 115 Å². The van der Waals surface area contributed by atoms with Gasteiger partial charge in [-0.3, -0.25) is 4.98 Å². The Bertz CT molecular complexity index is 467. The van der Waals surface area contributed by atoms with E-state index in [1.54, 1.807) is 17.5 Å². The van der Waals surface area contributed by atoms with Crippen LogP contribution in [0.25, 0.3) is 0 Å². The number of nitrogens with zero attached hydrogens (tertiary/aromatic N) is 1. The number of thiophene rings is 1. The van der Waals surface area contributed by atoms with Crippen LogP contribution in [0.5, 0.6) is 0 Å². The van der Waals surface area contributed by atoms with Crippen molar-refractivity contribution in [2.75, 3.05) is 0 Å². The number of rotatable bonds is 3. The molecule has 0 aliphatic rings. The molecule has 0 bridgehead atoms. The molecule has 2 rings (SSSR count). The first-order valence-electron chi connectivity index (χ1n) is 4.75. The molecule has 2 nitrogen and oxygen atoms in total. The molecule has 0 spiro atoms. The Balaban J connectivity index is 2.07. The Hall–Kier alpha value is -0.230. The molecule has 1 atom stereocenters. The predicted molar refractivity (Wildman–Crippen MR) is 74.6 cm³/mol. The van der Waals surface area contributed by atoms with Crippen LogP contribution in [-0.4, -0.2) is 4.98 Å². The van der Waals surface area contributed by atoms with Gasteiger partial charge in [-0.05, 0) is 61.0 Å². The monoisotopic (exact) mass is 360 g/mol. The second-order valence-corrected chi connectivity index (χ2v) is 6.67. The average molecular weight is 362 g/mol. The molecule has 0 radical (unpaired) electrons. The van der Waals surface area contributed by atoms with Crippen LogP contribution in [0.1, 0.15) is 17.3 Å². The minimum atomic E-state index is 0.0104. The molecule has 0 amide bonds. The molecule has 0 fully saturated rings. The van der Waals surface area contributed by atoms with Crippen molar-refractivity contribution in [1.82, 2.24) is 4.98 Å². The first-order valence-corrected chi connectivity index (χ1v) is 7.21.